The van der Waals surface area contributed by atoms with Crippen molar-refractivity contribution in [3.05, 3.63) is 94.0 Å². The van der Waals surface area contributed by atoms with Crippen LogP contribution in [-0.4, -0.2) is 17.4 Å². The van der Waals surface area contributed by atoms with Crippen LogP contribution >= 0.6 is 35.0 Å². The molecular formula is C23H20Cl2N2O2S. The second kappa shape index (κ2) is 11.1. The van der Waals surface area contributed by atoms with E-state index >= 15 is 0 Å². The standard InChI is InChI=1S/C23H20Cl2N2O2S/c1-16(30-21-5-3-2-4-6-21)23(28)27-26-14-17-7-11-20(12-8-17)29-15-18-9-10-19(24)13-22(18)25/h2-14,16H,15H2,1H3,(H,27,28)/b26-14-/t16-/m1/s1. The molecule has 0 aliphatic carbocycles. The Kier molecular flexibility index (Phi) is 8.20. The highest BCUT2D eigenvalue weighted by atomic mass is 35.5. The zero-order valence-corrected chi connectivity index (χ0v) is 18.5. The van der Waals surface area contributed by atoms with E-state index in [9.17, 15) is 4.79 Å². The summed E-state index contributed by atoms with van der Waals surface area (Å²) in [5.41, 5.74) is 4.28. The highest BCUT2D eigenvalue weighted by molar-refractivity contribution is 8.00. The van der Waals surface area contributed by atoms with Gasteiger partial charge in [-0.3, -0.25) is 4.79 Å². The first kappa shape index (κ1) is 22.2. The number of nitrogens with zero attached hydrogens (tertiary/aromatic N) is 1. The molecule has 0 fully saturated rings. The average molecular weight is 459 g/mol. The van der Waals surface area contributed by atoms with Gasteiger partial charge in [0.05, 0.1) is 11.5 Å². The van der Waals surface area contributed by atoms with E-state index < -0.39 is 0 Å². The van der Waals surface area contributed by atoms with Gasteiger partial charge in [-0.1, -0.05) is 47.5 Å². The molecule has 0 aliphatic rings. The van der Waals surface area contributed by atoms with Gasteiger partial charge in [-0.2, -0.15) is 5.10 Å². The van der Waals surface area contributed by atoms with Crippen molar-refractivity contribution in [1.82, 2.24) is 5.43 Å². The molecule has 1 N–H and O–H groups in total. The number of benzene rings is 3. The van der Waals surface area contributed by atoms with Gasteiger partial charge < -0.3 is 4.74 Å². The normalized spacial score (nSPS) is 12.0. The zero-order chi connectivity index (χ0) is 21.3. The Balaban J connectivity index is 1.47. The molecule has 0 saturated carbocycles. The molecule has 7 heteroatoms. The third-order valence-corrected chi connectivity index (χ3v) is 5.80. The molecule has 0 aromatic heterocycles. The van der Waals surface area contributed by atoms with Gasteiger partial charge in [-0.15, -0.1) is 11.8 Å². The maximum Gasteiger partial charge on any atom is 0.253 e. The second-order valence-corrected chi connectivity index (χ2v) is 8.66. The summed E-state index contributed by atoms with van der Waals surface area (Å²) < 4.78 is 5.75. The summed E-state index contributed by atoms with van der Waals surface area (Å²) in [5, 5.41) is 4.95. The number of carbonyl (C=O) groups is 1. The first-order chi connectivity index (χ1) is 14.5. The quantitative estimate of drug-likeness (QED) is 0.248. The van der Waals surface area contributed by atoms with Crippen molar-refractivity contribution in [3.63, 3.8) is 0 Å². The first-order valence-corrected chi connectivity index (χ1v) is 10.9. The lowest BCUT2D eigenvalue weighted by atomic mass is 10.2. The molecule has 0 bridgehead atoms. The SMILES string of the molecule is C[C@@H](Sc1ccccc1)C(=O)N/N=C\c1ccc(OCc2ccc(Cl)cc2Cl)cc1. The third kappa shape index (κ3) is 6.80. The molecular weight excluding hydrogens is 439 g/mol. The Labute approximate surface area is 190 Å². The highest BCUT2D eigenvalue weighted by Crippen LogP contribution is 2.23. The topological polar surface area (TPSA) is 50.7 Å². The van der Waals surface area contributed by atoms with E-state index in [1.165, 1.54) is 11.8 Å². The van der Waals surface area contributed by atoms with Gasteiger partial charge in [-0.25, -0.2) is 5.43 Å². The summed E-state index contributed by atoms with van der Waals surface area (Å²) in [5.74, 6) is 0.551. The van der Waals surface area contributed by atoms with Gasteiger partial charge in [0.1, 0.15) is 12.4 Å². The van der Waals surface area contributed by atoms with Crippen LogP contribution in [0.25, 0.3) is 0 Å². The number of hydrazone groups is 1. The van der Waals surface area contributed by atoms with Crippen molar-refractivity contribution in [2.45, 2.75) is 23.7 Å². The number of nitrogens with one attached hydrogen (secondary N) is 1. The predicted octanol–water partition coefficient (Wildman–Crippen LogP) is 6.20. The molecule has 3 aromatic rings. The number of thioether (sulfide) groups is 1. The smallest absolute Gasteiger partial charge is 0.253 e. The summed E-state index contributed by atoms with van der Waals surface area (Å²) in [7, 11) is 0. The Morgan fingerprint density at radius 2 is 1.83 bits per heavy atom. The van der Waals surface area contributed by atoms with Gasteiger partial charge in [0.2, 0.25) is 0 Å². The van der Waals surface area contributed by atoms with Crippen LogP contribution in [0.2, 0.25) is 10.0 Å². The van der Waals surface area contributed by atoms with Gasteiger partial charge in [0.25, 0.3) is 5.91 Å². The Morgan fingerprint density at radius 3 is 2.53 bits per heavy atom. The number of halogens is 2. The monoisotopic (exact) mass is 458 g/mol. The Hall–Kier alpha value is -2.47. The molecule has 0 radical (unpaired) electrons. The van der Waals surface area contributed by atoms with E-state index in [-0.39, 0.29) is 11.2 Å². The van der Waals surface area contributed by atoms with Crippen LogP contribution in [0, 0.1) is 0 Å². The molecule has 3 rings (SSSR count). The summed E-state index contributed by atoms with van der Waals surface area (Å²) in [4.78, 5) is 13.2. The molecule has 30 heavy (non-hydrogen) atoms. The minimum atomic E-state index is -0.250. The third-order valence-electron chi connectivity index (χ3n) is 4.10. The molecule has 1 atom stereocenters. The van der Waals surface area contributed by atoms with Crippen LogP contribution in [0.15, 0.2) is 82.8 Å². The van der Waals surface area contributed by atoms with E-state index in [4.69, 9.17) is 27.9 Å². The summed E-state index contributed by atoms with van der Waals surface area (Å²) in [6, 6.07) is 22.5. The maximum atomic E-state index is 12.2. The van der Waals surface area contributed by atoms with E-state index in [0.29, 0.717) is 22.4 Å². The number of hydrogen-bond donors (Lipinski definition) is 1. The summed E-state index contributed by atoms with van der Waals surface area (Å²) in [6.07, 6.45) is 1.59. The highest BCUT2D eigenvalue weighted by Gasteiger charge is 2.13. The van der Waals surface area contributed by atoms with Crippen molar-refractivity contribution in [2.24, 2.45) is 5.10 Å². The lowest BCUT2D eigenvalue weighted by Crippen LogP contribution is -2.26. The zero-order valence-electron chi connectivity index (χ0n) is 16.2. The Morgan fingerprint density at radius 1 is 1.10 bits per heavy atom. The average Bonchev–Trinajstić information content (AvgIpc) is 2.74. The van der Waals surface area contributed by atoms with Crippen molar-refractivity contribution in [1.29, 1.82) is 0 Å². The lowest BCUT2D eigenvalue weighted by Gasteiger charge is -2.09. The van der Waals surface area contributed by atoms with Crippen LogP contribution in [0.1, 0.15) is 18.1 Å². The predicted molar refractivity (Wildman–Crippen MR) is 125 cm³/mol. The van der Waals surface area contributed by atoms with Crippen molar-refractivity contribution in [2.75, 3.05) is 0 Å². The molecule has 0 unspecified atom stereocenters. The molecule has 0 saturated heterocycles. The lowest BCUT2D eigenvalue weighted by molar-refractivity contribution is -0.120. The Bertz CT molecular complexity index is 1010. The minimum Gasteiger partial charge on any atom is -0.489 e. The number of rotatable bonds is 8. The van der Waals surface area contributed by atoms with Crippen LogP contribution in [0.3, 0.4) is 0 Å². The number of carbonyl (C=O) groups excluding carboxylic acids is 1. The molecule has 3 aromatic carbocycles. The van der Waals surface area contributed by atoms with Gasteiger partial charge >= 0.3 is 0 Å². The summed E-state index contributed by atoms with van der Waals surface area (Å²) >= 11 is 13.5. The molecule has 0 aliphatic heterocycles. The van der Waals surface area contributed by atoms with E-state index in [2.05, 4.69) is 10.5 Å². The first-order valence-electron chi connectivity index (χ1n) is 9.22. The van der Waals surface area contributed by atoms with Crippen molar-refractivity contribution in [3.8, 4) is 5.75 Å². The number of amides is 1. The molecule has 0 heterocycles. The van der Waals surface area contributed by atoms with Crippen LogP contribution in [0.4, 0.5) is 0 Å². The molecule has 154 valence electrons. The second-order valence-electron chi connectivity index (χ2n) is 6.40. The van der Waals surface area contributed by atoms with E-state index in [1.54, 1.807) is 18.3 Å². The van der Waals surface area contributed by atoms with E-state index in [0.717, 1.165) is 16.0 Å². The molecule has 1 amide bonds. The molecule has 4 nitrogen and oxygen atoms in total. The van der Waals surface area contributed by atoms with Crippen LogP contribution in [0.5, 0.6) is 5.75 Å². The maximum absolute atomic E-state index is 12.2. The number of ether oxygens (including phenoxy) is 1. The largest absolute Gasteiger partial charge is 0.489 e. The van der Waals surface area contributed by atoms with Gasteiger partial charge in [0, 0.05) is 20.5 Å². The fourth-order valence-electron chi connectivity index (χ4n) is 2.47. The van der Waals surface area contributed by atoms with E-state index in [1.807, 2.05) is 67.6 Å². The van der Waals surface area contributed by atoms with Gasteiger partial charge in [-0.05, 0) is 61.0 Å². The van der Waals surface area contributed by atoms with Crippen LogP contribution in [-0.2, 0) is 11.4 Å². The minimum absolute atomic E-state index is 0.153. The van der Waals surface area contributed by atoms with Crippen LogP contribution < -0.4 is 10.2 Å². The fourth-order valence-corrected chi connectivity index (χ4v) is 3.81. The fraction of sp³-hybridized carbons (Fsp3) is 0.130. The number of hydrogen-bond acceptors (Lipinski definition) is 4. The van der Waals surface area contributed by atoms with Crippen molar-refractivity contribution < 1.29 is 9.53 Å². The molecule has 0 spiro atoms. The summed E-state index contributed by atoms with van der Waals surface area (Å²) in [6.45, 7) is 2.19. The van der Waals surface area contributed by atoms with Crippen molar-refractivity contribution >= 4 is 47.1 Å². The van der Waals surface area contributed by atoms with Gasteiger partial charge in [0.15, 0.2) is 0 Å².